The molecular weight excluding hydrogens is 534 g/mol. The van der Waals surface area contributed by atoms with Crippen molar-refractivity contribution in [3.05, 3.63) is 48.2 Å². The first-order valence-corrected chi connectivity index (χ1v) is 13.7. The number of ether oxygens (including phenoxy) is 1. The maximum absolute atomic E-state index is 14.2. The predicted octanol–water partition coefficient (Wildman–Crippen LogP) is 4.87. The van der Waals surface area contributed by atoms with Gasteiger partial charge in [-0.2, -0.15) is 9.78 Å². The second-order valence-electron chi connectivity index (χ2n) is 11.8. The quantitative estimate of drug-likeness (QED) is 0.429. The van der Waals surface area contributed by atoms with Gasteiger partial charge < -0.3 is 20.7 Å². The first kappa shape index (κ1) is 28.4. The summed E-state index contributed by atoms with van der Waals surface area (Å²) >= 11 is 0. The zero-order valence-corrected chi connectivity index (χ0v) is 23.3. The minimum atomic E-state index is -2.83. The first-order chi connectivity index (χ1) is 19.3. The summed E-state index contributed by atoms with van der Waals surface area (Å²) in [5.74, 6) is -3.34. The Morgan fingerprint density at radius 2 is 1.73 bits per heavy atom. The van der Waals surface area contributed by atoms with Gasteiger partial charge >= 0.3 is 6.09 Å². The van der Waals surface area contributed by atoms with Crippen molar-refractivity contribution in [3.63, 3.8) is 0 Å². The van der Waals surface area contributed by atoms with E-state index in [1.807, 2.05) is 0 Å². The van der Waals surface area contributed by atoms with Crippen molar-refractivity contribution in [3.8, 4) is 0 Å². The zero-order chi connectivity index (χ0) is 29.6. The maximum Gasteiger partial charge on any atom is 0.435 e. The molecule has 2 amide bonds. The van der Waals surface area contributed by atoms with Gasteiger partial charge in [-0.3, -0.25) is 9.59 Å². The lowest BCUT2D eigenvalue weighted by molar-refractivity contribution is -0.146. The average Bonchev–Trinajstić information content (AvgIpc) is 3.56. The molecule has 12 heteroatoms. The fourth-order valence-electron chi connectivity index (χ4n) is 5.67. The number of nitrogens with zero attached hydrogens (tertiary/aromatic N) is 4. The summed E-state index contributed by atoms with van der Waals surface area (Å²) in [6, 6.07) is 9.14. The molecule has 2 aliphatic rings. The van der Waals surface area contributed by atoms with Gasteiger partial charge in [-0.15, -0.1) is 0 Å². The van der Waals surface area contributed by atoms with Crippen LogP contribution in [-0.2, 0) is 19.7 Å². The predicted molar refractivity (Wildman–Crippen MR) is 148 cm³/mol. The molecule has 1 saturated carbocycles. The highest BCUT2D eigenvalue weighted by Crippen LogP contribution is 2.47. The molecule has 5 rings (SSSR count). The summed E-state index contributed by atoms with van der Waals surface area (Å²) in [5, 5.41) is 6.85. The summed E-state index contributed by atoms with van der Waals surface area (Å²) in [6.07, 6.45) is 0.929. The molecule has 2 aromatic heterocycles. The van der Waals surface area contributed by atoms with Crippen LogP contribution < -0.4 is 11.1 Å². The van der Waals surface area contributed by atoms with Gasteiger partial charge in [0.1, 0.15) is 23.0 Å². The maximum atomic E-state index is 14.2. The van der Waals surface area contributed by atoms with Crippen molar-refractivity contribution < 1.29 is 27.9 Å². The van der Waals surface area contributed by atoms with Crippen molar-refractivity contribution in [1.82, 2.24) is 19.7 Å². The van der Waals surface area contributed by atoms with E-state index in [4.69, 9.17) is 10.5 Å². The number of aromatic nitrogens is 3. The number of halogens is 2. The summed E-state index contributed by atoms with van der Waals surface area (Å²) in [6.45, 7) is 5.60. The van der Waals surface area contributed by atoms with Crippen LogP contribution >= 0.6 is 0 Å². The number of amides is 2. The number of alkyl halides is 2. The van der Waals surface area contributed by atoms with Crippen LogP contribution in [0, 0.1) is 0 Å². The number of anilines is 2. The normalized spacial score (nSPS) is 20.1. The van der Waals surface area contributed by atoms with E-state index in [2.05, 4.69) is 15.4 Å². The van der Waals surface area contributed by atoms with Gasteiger partial charge in [0, 0.05) is 25.1 Å². The van der Waals surface area contributed by atoms with Crippen LogP contribution in [0.3, 0.4) is 0 Å². The van der Waals surface area contributed by atoms with E-state index in [-0.39, 0.29) is 24.6 Å². The van der Waals surface area contributed by atoms with Crippen molar-refractivity contribution in [2.45, 2.75) is 82.3 Å². The van der Waals surface area contributed by atoms with Crippen molar-refractivity contribution in [2.75, 3.05) is 17.6 Å². The van der Waals surface area contributed by atoms with E-state index in [0.29, 0.717) is 41.7 Å². The summed E-state index contributed by atoms with van der Waals surface area (Å²) in [7, 11) is 0. The number of carbonyl (C=O) groups excluding carboxylic acids is 3. The fourth-order valence-corrected chi connectivity index (χ4v) is 5.67. The second kappa shape index (κ2) is 10.4. The van der Waals surface area contributed by atoms with Gasteiger partial charge in [-0.1, -0.05) is 12.1 Å². The Morgan fingerprint density at radius 1 is 1.05 bits per heavy atom. The molecule has 1 aliphatic carbocycles. The number of hydrogen-bond donors (Lipinski definition) is 2. The Labute approximate surface area is 236 Å². The minimum Gasteiger partial charge on any atom is -0.442 e. The van der Waals surface area contributed by atoms with Gasteiger partial charge in [-0.25, -0.2) is 18.6 Å². The number of carbonyl (C=O) groups is 3. The third kappa shape index (κ3) is 5.73. The van der Waals surface area contributed by atoms with Crippen LogP contribution in [0.5, 0.6) is 0 Å². The van der Waals surface area contributed by atoms with Gasteiger partial charge in [0.25, 0.3) is 0 Å². The molecule has 3 aromatic rings. The Hall–Kier alpha value is -4.09. The molecule has 1 aromatic carbocycles. The van der Waals surface area contributed by atoms with Crippen molar-refractivity contribution in [1.29, 1.82) is 0 Å². The number of likely N-dealkylation sites (tertiary alicyclic amines) is 1. The lowest BCUT2D eigenvalue weighted by Crippen LogP contribution is -2.54. The lowest BCUT2D eigenvalue weighted by Gasteiger charge is -2.42. The van der Waals surface area contributed by atoms with Crippen molar-refractivity contribution >= 4 is 40.4 Å². The van der Waals surface area contributed by atoms with E-state index < -0.39 is 47.8 Å². The van der Waals surface area contributed by atoms with Crippen LogP contribution in [0.25, 0.3) is 11.0 Å². The highest BCUT2D eigenvalue weighted by Gasteiger charge is 2.52. The number of pyridine rings is 1. The number of hydrogen-bond acceptors (Lipinski definition) is 7. The van der Waals surface area contributed by atoms with Gasteiger partial charge in [0.05, 0.1) is 17.1 Å². The number of fused-ring (bicyclic) bond motifs is 1. The minimum absolute atomic E-state index is 0.0204. The van der Waals surface area contributed by atoms with Gasteiger partial charge in [-0.05, 0) is 76.3 Å². The molecule has 0 radical (unpaired) electrons. The standard InChI is InChI=1S/C29H34F2N6O4/c1-27(2,3)41-26(40)37-21-10-11-23(34-20(21)17-33-37)35-24(38)22-5-4-16-36(22)25(39)28(12-14-29(30,31)15-13-28)18-6-8-19(32)9-7-18/h6-11,17,22H,4-5,12-16,32H2,1-3H3,(H,34,35,38)/t22-/m1/s1. The molecular formula is C29H34F2N6O4. The SMILES string of the molecule is CC(C)(C)OC(=O)n1ncc2nc(NC(=O)[C@H]3CCCN3C(=O)C3(c4ccc(N)cc4)CCC(F)(F)CC3)ccc21. The van der Waals surface area contributed by atoms with Crippen LogP contribution in [-0.4, -0.2) is 61.7 Å². The zero-order valence-electron chi connectivity index (χ0n) is 23.3. The lowest BCUT2D eigenvalue weighted by atomic mass is 9.67. The van der Waals surface area contributed by atoms with E-state index in [0.717, 1.165) is 4.68 Å². The van der Waals surface area contributed by atoms with Crippen LogP contribution in [0.15, 0.2) is 42.6 Å². The van der Waals surface area contributed by atoms with Gasteiger partial charge in [0.15, 0.2) is 0 Å². The highest BCUT2D eigenvalue weighted by molar-refractivity contribution is 5.99. The van der Waals surface area contributed by atoms with Gasteiger partial charge in [0.2, 0.25) is 17.7 Å². The Bertz CT molecular complexity index is 1470. The van der Waals surface area contributed by atoms with E-state index in [1.54, 1.807) is 57.2 Å². The fraction of sp³-hybridized carbons (Fsp3) is 0.483. The summed E-state index contributed by atoms with van der Waals surface area (Å²) in [4.78, 5) is 46.0. The largest absolute Gasteiger partial charge is 0.442 e. The Kier molecular flexibility index (Phi) is 7.20. The number of nitrogens with two attached hydrogens (primary N) is 1. The Morgan fingerprint density at radius 3 is 2.39 bits per heavy atom. The van der Waals surface area contributed by atoms with Crippen molar-refractivity contribution in [2.24, 2.45) is 0 Å². The van der Waals surface area contributed by atoms with Crippen LogP contribution in [0.1, 0.15) is 64.9 Å². The Balaban J connectivity index is 1.35. The molecule has 3 N–H and O–H groups in total. The monoisotopic (exact) mass is 568 g/mol. The molecule has 0 unspecified atom stereocenters. The number of nitrogen functional groups attached to an aromatic ring is 1. The molecule has 3 heterocycles. The summed E-state index contributed by atoms with van der Waals surface area (Å²) < 4.78 is 34.9. The molecule has 0 spiro atoms. The second-order valence-corrected chi connectivity index (χ2v) is 11.8. The van der Waals surface area contributed by atoms with Crippen LogP contribution in [0.4, 0.5) is 25.1 Å². The topological polar surface area (TPSA) is 132 Å². The molecule has 1 aliphatic heterocycles. The molecule has 41 heavy (non-hydrogen) atoms. The molecule has 1 atom stereocenters. The number of benzene rings is 1. The first-order valence-electron chi connectivity index (χ1n) is 13.7. The van der Waals surface area contributed by atoms with E-state index in [9.17, 15) is 23.2 Å². The molecule has 10 nitrogen and oxygen atoms in total. The molecule has 2 fully saturated rings. The number of rotatable bonds is 4. The number of nitrogens with one attached hydrogen (secondary N) is 1. The average molecular weight is 569 g/mol. The van der Waals surface area contributed by atoms with E-state index in [1.165, 1.54) is 11.1 Å². The molecule has 1 saturated heterocycles. The molecule has 0 bridgehead atoms. The summed E-state index contributed by atoms with van der Waals surface area (Å²) in [5.41, 5.74) is 5.91. The third-order valence-electron chi connectivity index (χ3n) is 7.77. The smallest absolute Gasteiger partial charge is 0.435 e. The van der Waals surface area contributed by atoms with E-state index >= 15 is 0 Å². The highest BCUT2D eigenvalue weighted by atomic mass is 19.3. The third-order valence-corrected chi connectivity index (χ3v) is 7.77. The van der Waals surface area contributed by atoms with Crippen LogP contribution in [0.2, 0.25) is 0 Å². The molecule has 218 valence electrons.